The third-order valence-electron chi connectivity index (χ3n) is 1.23. The van der Waals surface area contributed by atoms with Crippen LogP contribution in [0.4, 0.5) is 0 Å². The molecule has 1 rings (SSSR count). The standard InChI is InChI=1S/C7H6BrNO3/c1-5(9(10)11)4-6-2-3-7(8)12-6/h2-4H,1H3/b5-4+. The van der Waals surface area contributed by atoms with Crippen LogP contribution in [-0.2, 0) is 0 Å². The van der Waals surface area contributed by atoms with Crippen LogP contribution in [0, 0.1) is 10.1 Å². The number of allylic oxidation sites excluding steroid dienone is 1. The van der Waals surface area contributed by atoms with E-state index in [4.69, 9.17) is 4.42 Å². The second-order valence-corrected chi connectivity index (χ2v) is 2.97. The first kappa shape index (κ1) is 8.99. The van der Waals surface area contributed by atoms with Gasteiger partial charge in [0.05, 0.1) is 11.0 Å². The fraction of sp³-hybridized carbons (Fsp3) is 0.143. The van der Waals surface area contributed by atoms with Crippen LogP contribution in [0.2, 0.25) is 0 Å². The van der Waals surface area contributed by atoms with Gasteiger partial charge in [0.25, 0.3) is 0 Å². The lowest BCUT2D eigenvalue weighted by atomic mass is 10.4. The average Bonchev–Trinajstić information content (AvgIpc) is 2.35. The van der Waals surface area contributed by atoms with E-state index >= 15 is 0 Å². The minimum absolute atomic E-state index is 0.0526. The molecule has 0 N–H and O–H groups in total. The summed E-state index contributed by atoms with van der Waals surface area (Å²) in [5.41, 5.74) is 0.0526. The highest BCUT2D eigenvalue weighted by atomic mass is 79.9. The maximum Gasteiger partial charge on any atom is 0.246 e. The van der Waals surface area contributed by atoms with Crippen molar-refractivity contribution in [3.05, 3.63) is 38.4 Å². The Hall–Kier alpha value is -1.10. The van der Waals surface area contributed by atoms with Crippen molar-refractivity contribution in [2.24, 2.45) is 0 Å². The highest BCUT2D eigenvalue weighted by Gasteiger charge is 2.04. The van der Waals surface area contributed by atoms with Crippen LogP contribution in [0.3, 0.4) is 0 Å². The Bertz CT molecular complexity index is 329. The summed E-state index contributed by atoms with van der Waals surface area (Å²) in [7, 11) is 0. The van der Waals surface area contributed by atoms with Crippen molar-refractivity contribution in [3.63, 3.8) is 0 Å². The molecule has 0 spiro atoms. The summed E-state index contributed by atoms with van der Waals surface area (Å²) in [6.07, 6.45) is 1.37. The summed E-state index contributed by atoms with van der Waals surface area (Å²) in [5, 5.41) is 10.2. The Morgan fingerprint density at radius 2 is 2.42 bits per heavy atom. The fourth-order valence-electron chi connectivity index (χ4n) is 0.664. The molecule has 0 unspecified atom stereocenters. The number of halogens is 1. The highest BCUT2D eigenvalue weighted by molar-refractivity contribution is 9.10. The Morgan fingerprint density at radius 3 is 2.83 bits per heavy atom. The monoisotopic (exact) mass is 231 g/mol. The van der Waals surface area contributed by atoms with Crippen molar-refractivity contribution in [1.82, 2.24) is 0 Å². The summed E-state index contributed by atoms with van der Waals surface area (Å²) in [6.45, 7) is 1.41. The Morgan fingerprint density at radius 1 is 1.75 bits per heavy atom. The lowest BCUT2D eigenvalue weighted by molar-refractivity contribution is -0.422. The quantitative estimate of drug-likeness (QED) is 0.581. The molecule has 0 saturated carbocycles. The first-order chi connectivity index (χ1) is 5.59. The molecule has 12 heavy (non-hydrogen) atoms. The highest BCUT2D eigenvalue weighted by Crippen LogP contribution is 2.16. The topological polar surface area (TPSA) is 56.3 Å². The van der Waals surface area contributed by atoms with Gasteiger partial charge in [0.1, 0.15) is 5.76 Å². The van der Waals surface area contributed by atoms with Gasteiger partial charge >= 0.3 is 0 Å². The predicted octanol–water partition coefficient (Wildman–Crippen LogP) is 2.68. The fourth-order valence-corrected chi connectivity index (χ4v) is 0.984. The molecule has 0 aliphatic rings. The second-order valence-electron chi connectivity index (χ2n) is 2.18. The molecule has 0 radical (unpaired) electrons. The minimum atomic E-state index is -0.462. The number of nitrogens with zero attached hydrogens (tertiary/aromatic N) is 1. The molecule has 0 bridgehead atoms. The molecule has 0 amide bonds. The molecule has 0 aliphatic carbocycles. The Balaban J connectivity index is 2.87. The Labute approximate surface area is 77.2 Å². The van der Waals surface area contributed by atoms with Crippen LogP contribution in [0.1, 0.15) is 12.7 Å². The van der Waals surface area contributed by atoms with Crippen LogP contribution in [0.15, 0.2) is 26.9 Å². The molecule has 0 fully saturated rings. The predicted molar refractivity (Wildman–Crippen MR) is 47.1 cm³/mol. The lowest BCUT2D eigenvalue weighted by Gasteiger charge is -1.86. The smallest absolute Gasteiger partial charge is 0.246 e. The lowest BCUT2D eigenvalue weighted by Crippen LogP contribution is -1.92. The number of furan rings is 1. The van der Waals surface area contributed by atoms with Gasteiger partial charge in [-0.25, -0.2) is 0 Å². The van der Waals surface area contributed by atoms with Gasteiger partial charge in [0, 0.05) is 6.92 Å². The minimum Gasteiger partial charge on any atom is -0.450 e. The van der Waals surface area contributed by atoms with Gasteiger partial charge in [-0.1, -0.05) is 0 Å². The molecule has 0 aromatic carbocycles. The molecule has 1 heterocycles. The number of nitro groups is 1. The van der Waals surface area contributed by atoms with Gasteiger partial charge in [-0.05, 0) is 28.1 Å². The van der Waals surface area contributed by atoms with Crippen LogP contribution in [-0.4, -0.2) is 4.92 Å². The van der Waals surface area contributed by atoms with Crippen LogP contribution >= 0.6 is 15.9 Å². The van der Waals surface area contributed by atoms with E-state index in [2.05, 4.69) is 15.9 Å². The van der Waals surface area contributed by atoms with Crippen molar-refractivity contribution in [2.75, 3.05) is 0 Å². The molecule has 0 atom stereocenters. The summed E-state index contributed by atoms with van der Waals surface area (Å²) >= 11 is 3.09. The molecule has 1 aromatic rings. The summed E-state index contributed by atoms with van der Waals surface area (Å²) in [5.74, 6) is 0.469. The Kier molecular flexibility index (Phi) is 2.65. The summed E-state index contributed by atoms with van der Waals surface area (Å²) in [6, 6.07) is 3.33. The average molecular weight is 232 g/mol. The SMILES string of the molecule is C/C(=C\c1ccc(Br)o1)[N+](=O)[O-]. The zero-order valence-corrected chi connectivity index (χ0v) is 7.87. The van der Waals surface area contributed by atoms with Gasteiger partial charge in [-0.3, -0.25) is 10.1 Å². The second kappa shape index (κ2) is 3.53. The largest absolute Gasteiger partial charge is 0.450 e. The van der Waals surface area contributed by atoms with E-state index in [1.54, 1.807) is 12.1 Å². The van der Waals surface area contributed by atoms with Crippen molar-refractivity contribution < 1.29 is 9.34 Å². The maximum absolute atomic E-state index is 10.2. The van der Waals surface area contributed by atoms with E-state index in [9.17, 15) is 10.1 Å². The molecule has 0 saturated heterocycles. The zero-order chi connectivity index (χ0) is 9.14. The molecule has 1 aromatic heterocycles. The van der Waals surface area contributed by atoms with E-state index in [0.717, 1.165) is 0 Å². The van der Waals surface area contributed by atoms with E-state index in [1.165, 1.54) is 13.0 Å². The van der Waals surface area contributed by atoms with Crippen molar-refractivity contribution in [2.45, 2.75) is 6.92 Å². The van der Waals surface area contributed by atoms with Crippen molar-refractivity contribution in [3.8, 4) is 0 Å². The van der Waals surface area contributed by atoms with Gasteiger partial charge in [0.2, 0.25) is 5.70 Å². The molecule has 4 nitrogen and oxygen atoms in total. The van der Waals surface area contributed by atoms with Gasteiger partial charge in [-0.2, -0.15) is 0 Å². The maximum atomic E-state index is 10.2. The summed E-state index contributed by atoms with van der Waals surface area (Å²) < 4.78 is 5.60. The molecular formula is C7H6BrNO3. The van der Waals surface area contributed by atoms with Crippen molar-refractivity contribution >= 4 is 22.0 Å². The van der Waals surface area contributed by atoms with Crippen LogP contribution in [0.25, 0.3) is 6.08 Å². The molecule has 64 valence electrons. The normalized spacial score (nSPS) is 11.7. The van der Waals surface area contributed by atoms with E-state index < -0.39 is 4.92 Å². The van der Waals surface area contributed by atoms with Gasteiger partial charge in [0.15, 0.2) is 4.67 Å². The first-order valence-corrected chi connectivity index (χ1v) is 3.97. The molecular weight excluding hydrogens is 226 g/mol. The van der Waals surface area contributed by atoms with E-state index in [-0.39, 0.29) is 5.70 Å². The van der Waals surface area contributed by atoms with Gasteiger partial charge in [-0.15, -0.1) is 0 Å². The third kappa shape index (κ3) is 2.20. The van der Waals surface area contributed by atoms with Crippen molar-refractivity contribution in [1.29, 1.82) is 0 Å². The number of rotatable bonds is 2. The van der Waals surface area contributed by atoms with Crippen LogP contribution < -0.4 is 0 Å². The summed E-state index contributed by atoms with van der Waals surface area (Å²) in [4.78, 5) is 9.73. The number of hydrogen-bond acceptors (Lipinski definition) is 3. The zero-order valence-electron chi connectivity index (χ0n) is 6.28. The van der Waals surface area contributed by atoms with Gasteiger partial charge < -0.3 is 4.42 Å². The van der Waals surface area contributed by atoms with E-state index in [1.807, 2.05) is 0 Å². The molecule has 5 heteroatoms. The number of hydrogen-bond donors (Lipinski definition) is 0. The first-order valence-electron chi connectivity index (χ1n) is 3.17. The third-order valence-corrected chi connectivity index (χ3v) is 1.66. The van der Waals surface area contributed by atoms with Crippen LogP contribution in [0.5, 0.6) is 0 Å². The molecule has 0 aliphatic heterocycles. The van der Waals surface area contributed by atoms with E-state index in [0.29, 0.717) is 10.4 Å².